The second kappa shape index (κ2) is 4.33. The van der Waals surface area contributed by atoms with Crippen molar-refractivity contribution in [3.8, 4) is 0 Å². The molecule has 0 radical (unpaired) electrons. The summed E-state index contributed by atoms with van der Waals surface area (Å²) in [6.45, 7) is 2.28. The van der Waals surface area contributed by atoms with Crippen LogP contribution in [0.1, 0.15) is 18.5 Å². The molecule has 4 heteroatoms. The molecule has 1 aromatic rings. The molecule has 1 aliphatic heterocycles. The van der Waals surface area contributed by atoms with Gasteiger partial charge in [0, 0.05) is 25.3 Å². The number of nitrogens with one attached hydrogen (secondary N) is 1. The van der Waals surface area contributed by atoms with Crippen molar-refractivity contribution in [2.75, 3.05) is 19.7 Å². The van der Waals surface area contributed by atoms with Gasteiger partial charge in [-0.05, 0) is 38.4 Å². The van der Waals surface area contributed by atoms with Gasteiger partial charge in [-0.2, -0.15) is 5.10 Å². The van der Waals surface area contributed by atoms with Crippen LogP contribution in [-0.4, -0.2) is 34.6 Å². The highest BCUT2D eigenvalue weighted by Crippen LogP contribution is 2.31. The molecule has 2 rings (SSSR count). The highest BCUT2D eigenvalue weighted by atomic mass is 16.3. The number of aliphatic hydroxyl groups is 1. The van der Waals surface area contributed by atoms with E-state index in [1.165, 1.54) is 0 Å². The summed E-state index contributed by atoms with van der Waals surface area (Å²) in [5.41, 5.74) is 1.15. The number of piperidine rings is 1. The maximum atomic E-state index is 9.55. The first-order chi connectivity index (χ1) is 7.24. The van der Waals surface area contributed by atoms with E-state index in [9.17, 15) is 5.11 Å². The van der Waals surface area contributed by atoms with Crippen molar-refractivity contribution in [3.63, 3.8) is 0 Å². The van der Waals surface area contributed by atoms with Crippen molar-refractivity contribution in [1.82, 2.24) is 15.1 Å². The van der Waals surface area contributed by atoms with E-state index in [1.807, 2.05) is 24.0 Å². The van der Waals surface area contributed by atoms with E-state index in [4.69, 9.17) is 0 Å². The molecule has 1 fully saturated rings. The number of hydrogen-bond acceptors (Lipinski definition) is 3. The Bertz CT molecular complexity index is 315. The monoisotopic (exact) mass is 209 g/mol. The molecular formula is C11H19N3O. The summed E-state index contributed by atoms with van der Waals surface area (Å²) in [5.74, 6) is 0. The smallest absolute Gasteiger partial charge is 0.0630 e. The van der Waals surface area contributed by atoms with Crippen LogP contribution < -0.4 is 5.32 Å². The molecule has 84 valence electrons. The number of aliphatic hydroxyl groups excluding tert-OH is 1. The van der Waals surface area contributed by atoms with E-state index in [0.29, 0.717) is 0 Å². The number of rotatable bonds is 3. The van der Waals surface area contributed by atoms with Gasteiger partial charge in [-0.15, -0.1) is 0 Å². The maximum absolute atomic E-state index is 9.55. The minimum absolute atomic E-state index is 0.0552. The van der Waals surface area contributed by atoms with Gasteiger partial charge >= 0.3 is 0 Å². The van der Waals surface area contributed by atoms with Crippen molar-refractivity contribution in [2.24, 2.45) is 12.5 Å². The first-order valence-corrected chi connectivity index (χ1v) is 5.54. The van der Waals surface area contributed by atoms with Crippen molar-refractivity contribution >= 4 is 0 Å². The lowest BCUT2D eigenvalue weighted by Gasteiger charge is -2.35. The molecular weight excluding hydrogens is 190 g/mol. The van der Waals surface area contributed by atoms with Crippen LogP contribution in [-0.2, 0) is 13.5 Å². The molecule has 15 heavy (non-hydrogen) atoms. The van der Waals surface area contributed by atoms with Crippen LogP contribution in [0.3, 0.4) is 0 Å². The first-order valence-electron chi connectivity index (χ1n) is 5.54. The Morgan fingerprint density at radius 2 is 2.27 bits per heavy atom. The Morgan fingerprint density at radius 1 is 1.53 bits per heavy atom. The van der Waals surface area contributed by atoms with Gasteiger partial charge in [-0.3, -0.25) is 4.68 Å². The Kier molecular flexibility index (Phi) is 3.07. The predicted molar refractivity (Wildman–Crippen MR) is 58.5 cm³/mol. The van der Waals surface area contributed by atoms with Crippen LogP contribution in [0.2, 0.25) is 0 Å². The van der Waals surface area contributed by atoms with Crippen LogP contribution in [0.4, 0.5) is 0 Å². The standard InChI is InChI=1S/C11H19N3O/c1-14-7-2-10(13-14)8-11(9-15)3-5-12-6-4-11/h2,7,12,15H,3-6,8-9H2,1H3. The molecule has 2 N–H and O–H groups in total. The van der Waals surface area contributed by atoms with Gasteiger partial charge in [0.15, 0.2) is 0 Å². The molecule has 0 aliphatic carbocycles. The number of aryl methyl sites for hydroxylation is 1. The van der Waals surface area contributed by atoms with Gasteiger partial charge in [0.25, 0.3) is 0 Å². The third kappa shape index (κ3) is 2.38. The summed E-state index contributed by atoms with van der Waals surface area (Å²) >= 11 is 0. The fourth-order valence-electron chi connectivity index (χ4n) is 2.29. The zero-order valence-electron chi connectivity index (χ0n) is 9.24. The van der Waals surface area contributed by atoms with E-state index in [2.05, 4.69) is 10.4 Å². The lowest BCUT2D eigenvalue weighted by atomic mass is 9.76. The molecule has 0 amide bonds. The van der Waals surface area contributed by atoms with Crippen LogP contribution in [0.25, 0.3) is 0 Å². The summed E-state index contributed by atoms with van der Waals surface area (Å²) in [6.07, 6.45) is 4.94. The van der Waals surface area contributed by atoms with Crippen LogP contribution in [0, 0.1) is 5.41 Å². The maximum Gasteiger partial charge on any atom is 0.0630 e. The van der Waals surface area contributed by atoms with Gasteiger partial charge in [0.2, 0.25) is 0 Å². The molecule has 0 aromatic carbocycles. The zero-order valence-corrected chi connectivity index (χ0v) is 9.24. The SMILES string of the molecule is Cn1ccc(CC2(CO)CCNCC2)n1. The van der Waals surface area contributed by atoms with E-state index >= 15 is 0 Å². The lowest BCUT2D eigenvalue weighted by Crippen LogP contribution is -2.40. The molecule has 1 aromatic heterocycles. The second-order valence-electron chi connectivity index (χ2n) is 4.57. The second-order valence-corrected chi connectivity index (χ2v) is 4.57. The average Bonchev–Trinajstić information content (AvgIpc) is 2.65. The summed E-state index contributed by atoms with van der Waals surface area (Å²) in [7, 11) is 1.93. The molecule has 1 saturated heterocycles. The molecule has 1 aliphatic rings. The van der Waals surface area contributed by atoms with E-state index < -0.39 is 0 Å². The average molecular weight is 209 g/mol. The summed E-state index contributed by atoms with van der Waals surface area (Å²) in [4.78, 5) is 0. The predicted octanol–water partition coefficient (Wildman–Crippen LogP) is 0.325. The zero-order chi connectivity index (χ0) is 10.7. The molecule has 4 nitrogen and oxygen atoms in total. The topological polar surface area (TPSA) is 50.1 Å². The van der Waals surface area contributed by atoms with Gasteiger partial charge < -0.3 is 10.4 Å². The molecule has 0 spiro atoms. The minimum atomic E-state index is 0.0552. The van der Waals surface area contributed by atoms with Gasteiger partial charge in [-0.1, -0.05) is 0 Å². The van der Waals surface area contributed by atoms with E-state index in [1.54, 1.807) is 0 Å². The highest BCUT2D eigenvalue weighted by Gasteiger charge is 2.32. The van der Waals surface area contributed by atoms with Gasteiger partial charge in [-0.25, -0.2) is 0 Å². The molecule has 0 atom stereocenters. The molecule has 0 bridgehead atoms. The highest BCUT2D eigenvalue weighted by molar-refractivity contribution is 5.04. The third-order valence-corrected chi connectivity index (χ3v) is 3.32. The van der Waals surface area contributed by atoms with Gasteiger partial charge in [0.1, 0.15) is 0 Å². The minimum Gasteiger partial charge on any atom is -0.396 e. The van der Waals surface area contributed by atoms with E-state index in [0.717, 1.165) is 38.0 Å². The van der Waals surface area contributed by atoms with Crippen molar-refractivity contribution in [2.45, 2.75) is 19.3 Å². The normalized spacial score (nSPS) is 20.4. The number of aromatic nitrogens is 2. The summed E-state index contributed by atoms with van der Waals surface area (Å²) < 4.78 is 1.82. The Labute approximate surface area is 90.3 Å². The fraction of sp³-hybridized carbons (Fsp3) is 0.727. The lowest BCUT2D eigenvalue weighted by molar-refractivity contribution is 0.0882. The molecule has 0 saturated carbocycles. The largest absolute Gasteiger partial charge is 0.396 e. The molecule has 2 heterocycles. The van der Waals surface area contributed by atoms with Crippen LogP contribution in [0.5, 0.6) is 0 Å². The number of nitrogens with zero attached hydrogens (tertiary/aromatic N) is 2. The van der Waals surface area contributed by atoms with Crippen molar-refractivity contribution < 1.29 is 5.11 Å². The van der Waals surface area contributed by atoms with Crippen LogP contribution >= 0.6 is 0 Å². The summed E-state index contributed by atoms with van der Waals surface area (Å²) in [6, 6.07) is 2.04. The van der Waals surface area contributed by atoms with Crippen molar-refractivity contribution in [3.05, 3.63) is 18.0 Å². The van der Waals surface area contributed by atoms with Crippen molar-refractivity contribution in [1.29, 1.82) is 0 Å². The van der Waals surface area contributed by atoms with E-state index in [-0.39, 0.29) is 12.0 Å². The Hall–Kier alpha value is -0.870. The Balaban J connectivity index is 2.06. The van der Waals surface area contributed by atoms with Crippen LogP contribution in [0.15, 0.2) is 12.3 Å². The Morgan fingerprint density at radius 3 is 2.80 bits per heavy atom. The fourth-order valence-corrected chi connectivity index (χ4v) is 2.29. The third-order valence-electron chi connectivity index (χ3n) is 3.32. The number of hydrogen-bond donors (Lipinski definition) is 2. The quantitative estimate of drug-likeness (QED) is 0.754. The molecule has 0 unspecified atom stereocenters. The first kappa shape index (κ1) is 10.6. The summed E-state index contributed by atoms with van der Waals surface area (Å²) in [5, 5.41) is 17.3. The van der Waals surface area contributed by atoms with Gasteiger partial charge in [0.05, 0.1) is 5.69 Å².